The van der Waals surface area contributed by atoms with Gasteiger partial charge < -0.3 is 26.0 Å². The number of amides is 2. The van der Waals surface area contributed by atoms with Crippen LogP contribution in [0.1, 0.15) is 21.0 Å². The van der Waals surface area contributed by atoms with Gasteiger partial charge in [-0.3, -0.25) is 9.59 Å². The second-order valence-corrected chi connectivity index (χ2v) is 11.9. The Labute approximate surface area is 239 Å². The minimum atomic E-state index is -1.93. The number of thiophene rings is 2. The van der Waals surface area contributed by atoms with Gasteiger partial charge in [0.25, 0.3) is 11.8 Å². The number of aromatic nitrogens is 4. The summed E-state index contributed by atoms with van der Waals surface area (Å²) in [4.78, 5) is 56.2. The van der Waals surface area contributed by atoms with Gasteiger partial charge in [0, 0.05) is 0 Å². The molecule has 40 heavy (non-hydrogen) atoms. The van der Waals surface area contributed by atoms with Crippen LogP contribution >= 0.6 is 45.3 Å². The van der Waals surface area contributed by atoms with E-state index in [2.05, 4.69) is 30.6 Å². The molecule has 200 valence electrons. The zero-order valence-corrected chi connectivity index (χ0v) is 23.0. The lowest BCUT2D eigenvalue weighted by Gasteiger charge is -2.16. The van der Waals surface area contributed by atoms with E-state index >= 15 is 0 Å². The standard InChI is InChI=1S/C24H14N6O6S4/c31-15-13(25-7-9-17(15)39-22(27-9)11-3-1-5-37-11)20(33)29-19(24(35)36)30-21(34)14-16(32)18-10(8-26-14)28-23(40-18)12-4-2-6-38-12/h1-8,19,31-32H,(H,29,33)(H,30,34)(H,35,36). The minimum Gasteiger partial charge on any atom is -0.504 e. The highest BCUT2D eigenvalue weighted by atomic mass is 32.1. The number of carbonyl (C=O) groups excluding carboxylic acids is 2. The molecule has 0 aliphatic carbocycles. The topological polar surface area (TPSA) is 188 Å². The van der Waals surface area contributed by atoms with E-state index in [9.17, 15) is 29.7 Å². The predicted octanol–water partition coefficient (Wildman–Crippen LogP) is 4.13. The number of rotatable bonds is 7. The number of hydrogen-bond donors (Lipinski definition) is 5. The van der Waals surface area contributed by atoms with Crippen molar-refractivity contribution in [2.75, 3.05) is 0 Å². The summed E-state index contributed by atoms with van der Waals surface area (Å²) in [6.45, 7) is 0. The highest BCUT2D eigenvalue weighted by Gasteiger charge is 2.29. The molecule has 0 unspecified atom stereocenters. The number of fused-ring (bicyclic) bond motifs is 2. The van der Waals surface area contributed by atoms with Crippen LogP contribution in [0, 0.1) is 0 Å². The van der Waals surface area contributed by atoms with Crippen LogP contribution in [0.2, 0.25) is 0 Å². The Kier molecular flexibility index (Phi) is 6.59. The van der Waals surface area contributed by atoms with Gasteiger partial charge in [0.15, 0.2) is 22.9 Å². The molecule has 0 fully saturated rings. The molecule has 0 bridgehead atoms. The van der Waals surface area contributed by atoms with Crippen LogP contribution in [-0.2, 0) is 4.79 Å². The number of aromatic hydroxyl groups is 2. The number of thiazole rings is 2. The average molecular weight is 611 g/mol. The number of carbonyl (C=O) groups is 3. The maximum atomic E-state index is 12.9. The molecule has 6 rings (SSSR count). The lowest BCUT2D eigenvalue weighted by atomic mass is 10.2. The Morgan fingerprint density at radius 2 is 1.20 bits per heavy atom. The molecular formula is C24H14N6O6S4. The molecule has 0 radical (unpaired) electrons. The van der Waals surface area contributed by atoms with Gasteiger partial charge >= 0.3 is 5.97 Å². The molecule has 0 aliphatic rings. The third kappa shape index (κ3) is 4.62. The van der Waals surface area contributed by atoms with Crippen molar-refractivity contribution in [1.29, 1.82) is 0 Å². The molecular weight excluding hydrogens is 597 g/mol. The smallest absolute Gasteiger partial charge is 0.347 e. The fourth-order valence-electron chi connectivity index (χ4n) is 3.67. The third-order valence-corrected chi connectivity index (χ3v) is 9.74. The van der Waals surface area contributed by atoms with Crippen molar-refractivity contribution in [2.45, 2.75) is 6.17 Å². The normalized spacial score (nSPS) is 11.3. The van der Waals surface area contributed by atoms with Gasteiger partial charge in [-0.25, -0.2) is 24.7 Å². The average Bonchev–Trinajstić information content (AvgIpc) is 3.73. The molecule has 0 saturated heterocycles. The van der Waals surface area contributed by atoms with Gasteiger partial charge in [0.05, 0.1) is 22.1 Å². The second-order valence-electron chi connectivity index (χ2n) is 8.05. The molecule has 0 aliphatic heterocycles. The molecule has 5 N–H and O–H groups in total. The maximum Gasteiger partial charge on any atom is 0.347 e. The number of hydrogen-bond acceptors (Lipinski definition) is 13. The van der Waals surface area contributed by atoms with Crippen LogP contribution in [0.15, 0.2) is 47.4 Å². The molecule has 0 aromatic carbocycles. The fourth-order valence-corrected chi connectivity index (χ4v) is 7.23. The first-order valence-electron chi connectivity index (χ1n) is 11.2. The van der Waals surface area contributed by atoms with E-state index in [1.165, 1.54) is 35.1 Å². The molecule has 0 spiro atoms. The number of nitrogens with zero attached hydrogens (tertiary/aromatic N) is 4. The van der Waals surface area contributed by atoms with Crippen molar-refractivity contribution in [3.05, 3.63) is 58.8 Å². The summed E-state index contributed by atoms with van der Waals surface area (Å²) in [5, 5.41) is 40.4. The zero-order chi connectivity index (χ0) is 28.0. The van der Waals surface area contributed by atoms with E-state index in [0.29, 0.717) is 30.4 Å². The van der Waals surface area contributed by atoms with E-state index in [1.807, 2.05) is 35.0 Å². The van der Waals surface area contributed by atoms with E-state index in [4.69, 9.17) is 0 Å². The molecule has 0 saturated carbocycles. The number of aliphatic carboxylic acids is 1. The first kappa shape index (κ1) is 25.8. The molecule has 12 nitrogen and oxygen atoms in total. The van der Waals surface area contributed by atoms with E-state index < -0.39 is 46.8 Å². The van der Waals surface area contributed by atoms with Crippen LogP contribution in [0.5, 0.6) is 11.5 Å². The summed E-state index contributed by atoms with van der Waals surface area (Å²) in [6.07, 6.45) is 0.658. The number of carboxylic acid groups (broad SMARTS) is 1. The SMILES string of the molecule is O=C(NC(NC(=O)c1ncc2nc(-c3cccs3)sc2c1O)C(=O)O)c1ncc2nc(-c3cccs3)sc2c1O. The summed E-state index contributed by atoms with van der Waals surface area (Å²) < 4.78 is 0.599. The maximum absolute atomic E-state index is 12.9. The lowest BCUT2D eigenvalue weighted by Crippen LogP contribution is -2.53. The Morgan fingerprint density at radius 3 is 1.57 bits per heavy atom. The Hall–Kier alpha value is -4.51. The van der Waals surface area contributed by atoms with Crippen molar-refractivity contribution in [2.24, 2.45) is 0 Å². The third-order valence-electron chi connectivity index (χ3n) is 5.51. The highest BCUT2D eigenvalue weighted by Crippen LogP contribution is 2.39. The first-order chi connectivity index (χ1) is 19.3. The van der Waals surface area contributed by atoms with Gasteiger partial charge in [0.1, 0.15) is 30.4 Å². The van der Waals surface area contributed by atoms with Crippen LogP contribution in [0.4, 0.5) is 0 Å². The first-order valence-corrected chi connectivity index (χ1v) is 14.6. The molecule has 6 heterocycles. The van der Waals surface area contributed by atoms with E-state index in [0.717, 1.165) is 32.4 Å². The van der Waals surface area contributed by atoms with Gasteiger partial charge in [-0.05, 0) is 22.9 Å². The molecule has 6 aromatic heterocycles. The predicted molar refractivity (Wildman–Crippen MR) is 151 cm³/mol. The molecule has 16 heteroatoms. The summed E-state index contributed by atoms with van der Waals surface area (Å²) in [5.41, 5.74) is -0.148. The lowest BCUT2D eigenvalue weighted by molar-refractivity contribution is -0.139. The van der Waals surface area contributed by atoms with Crippen molar-refractivity contribution in [1.82, 2.24) is 30.6 Å². The number of pyridine rings is 2. The van der Waals surface area contributed by atoms with Gasteiger partial charge in [0.2, 0.25) is 6.17 Å². The Balaban J connectivity index is 1.23. The van der Waals surface area contributed by atoms with Crippen molar-refractivity contribution in [3.63, 3.8) is 0 Å². The summed E-state index contributed by atoms with van der Waals surface area (Å²) in [7, 11) is 0. The Morgan fingerprint density at radius 1 is 0.750 bits per heavy atom. The van der Waals surface area contributed by atoms with Crippen LogP contribution in [0.25, 0.3) is 40.2 Å². The molecule has 6 aromatic rings. The monoisotopic (exact) mass is 610 g/mol. The largest absolute Gasteiger partial charge is 0.504 e. The Bertz CT molecular complexity index is 1780. The van der Waals surface area contributed by atoms with E-state index in [1.54, 1.807) is 0 Å². The van der Waals surface area contributed by atoms with Gasteiger partial charge in [-0.2, -0.15) is 0 Å². The molecule has 2 amide bonds. The quantitative estimate of drug-likeness (QED) is 0.164. The van der Waals surface area contributed by atoms with Gasteiger partial charge in [-0.15, -0.1) is 45.3 Å². The summed E-state index contributed by atoms with van der Waals surface area (Å²) in [6, 6.07) is 7.44. The summed E-state index contributed by atoms with van der Waals surface area (Å²) >= 11 is 5.23. The van der Waals surface area contributed by atoms with Crippen LogP contribution in [-0.4, -0.2) is 59.2 Å². The zero-order valence-electron chi connectivity index (χ0n) is 19.7. The van der Waals surface area contributed by atoms with Crippen LogP contribution < -0.4 is 10.6 Å². The fraction of sp³-hybridized carbons (Fsp3) is 0.0417. The summed E-state index contributed by atoms with van der Waals surface area (Å²) in [5.74, 6) is -4.63. The van der Waals surface area contributed by atoms with Gasteiger partial charge in [-0.1, -0.05) is 12.1 Å². The number of nitrogens with one attached hydrogen (secondary N) is 2. The second kappa shape index (κ2) is 10.2. The van der Waals surface area contributed by atoms with Crippen molar-refractivity contribution < 1.29 is 29.7 Å². The van der Waals surface area contributed by atoms with Crippen molar-refractivity contribution in [3.8, 4) is 31.3 Å². The molecule has 0 atom stereocenters. The van der Waals surface area contributed by atoms with E-state index in [-0.39, 0.29) is 0 Å². The minimum absolute atomic E-state index is 0.299. The number of carboxylic acids is 1. The van der Waals surface area contributed by atoms with Crippen molar-refractivity contribution >= 4 is 83.6 Å². The highest BCUT2D eigenvalue weighted by molar-refractivity contribution is 7.26. The van der Waals surface area contributed by atoms with Crippen LogP contribution in [0.3, 0.4) is 0 Å².